The minimum Gasteiger partial charge on any atom is -0.465 e. The Hall–Kier alpha value is -0.300. The molecule has 150 valence electrons. The lowest BCUT2D eigenvalue weighted by Crippen LogP contribution is -2.35. The number of esters is 1. The highest BCUT2D eigenvalue weighted by Crippen LogP contribution is 2.36. The fourth-order valence-electron chi connectivity index (χ4n) is 1.92. The fourth-order valence-corrected chi connectivity index (χ4v) is 6.29. The Bertz CT molecular complexity index is 743. The molecule has 0 fully saturated rings. The number of methoxy groups -OCH3 is 2. The van der Waals surface area contributed by atoms with Crippen molar-refractivity contribution in [1.82, 2.24) is 5.32 Å². The van der Waals surface area contributed by atoms with Crippen LogP contribution in [-0.4, -0.2) is 68.1 Å². The lowest BCUT2D eigenvalue weighted by molar-refractivity contribution is -0.119. The molecule has 0 saturated heterocycles. The third-order valence-electron chi connectivity index (χ3n) is 3.18. The van der Waals surface area contributed by atoms with Crippen molar-refractivity contribution in [2.45, 2.75) is 6.10 Å². The van der Waals surface area contributed by atoms with Crippen LogP contribution in [-0.2, 0) is 14.3 Å². The van der Waals surface area contributed by atoms with E-state index >= 15 is 0 Å². The second kappa shape index (κ2) is 11.6. The second-order valence-corrected chi connectivity index (χ2v) is 8.32. The number of ether oxygens (including phenoxy) is 2. The highest BCUT2D eigenvalue weighted by molar-refractivity contribution is 14.1. The number of aliphatic hydroxyl groups excluding tert-OH is 2. The first-order valence-corrected chi connectivity index (χ1v) is 10.6. The van der Waals surface area contributed by atoms with Crippen molar-refractivity contribution in [2.75, 3.05) is 39.3 Å². The molecule has 1 aromatic rings. The molecule has 1 aromatic carbocycles. The lowest BCUT2D eigenvalue weighted by atomic mass is 10.1. The molecule has 0 heterocycles. The van der Waals surface area contributed by atoms with Gasteiger partial charge in [0.2, 0.25) is 5.91 Å². The molecule has 12 heteroatoms. The number of hydrogen-bond acceptors (Lipinski definition) is 7. The first-order chi connectivity index (χ1) is 12.7. The Labute approximate surface area is 196 Å². The van der Waals surface area contributed by atoms with E-state index < -0.39 is 30.5 Å². The molecule has 1 rings (SSSR count). The van der Waals surface area contributed by atoms with E-state index in [-0.39, 0.29) is 30.0 Å². The molecular formula is C15H17I3N2O7. The molecule has 4 N–H and O–H groups in total. The summed E-state index contributed by atoms with van der Waals surface area (Å²) >= 11 is 5.66. The molecule has 1 atom stereocenters. The van der Waals surface area contributed by atoms with Crippen molar-refractivity contribution >= 4 is 91.2 Å². The van der Waals surface area contributed by atoms with E-state index in [0.29, 0.717) is 10.7 Å². The van der Waals surface area contributed by atoms with Crippen molar-refractivity contribution in [3.8, 4) is 0 Å². The number of benzene rings is 1. The van der Waals surface area contributed by atoms with E-state index in [2.05, 4.69) is 10.6 Å². The van der Waals surface area contributed by atoms with Gasteiger partial charge >= 0.3 is 5.97 Å². The minimum atomic E-state index is -1.12. The molecule has 27 heavy (non-hydrogen) atoms. The summed E-state index contributed by atoms with van der Waals surface area (Å²) in [4.78, 5) is 36.8. The van der Waals surface area contributed by atoms with Crippen molar-refractivity contribution in [2.24, 2.45) is 0 Å². The summed E-state index contributed by atoms with van der Waals surface area (Å²) in [5.74, 6) is -1.68. The average Bonchev–Trinajstić information content (AvgIpc) is 2.63. The SMILES string of the molecule is COCC(=O)Nc1c(I)c(C(=O)NCC(O)CO)c(I)c(C(=O)OC)c1I. The molecule has 9 nitrogen and oxygen atoms in total. The maximum Gasteiger partial charge on any atom is 0.340 e. The normalized spacial score (nSPS) is 11.7. The number of amides is 2. The van der Waals surface area contributed by atoms with Crippen molar-refractivity contribution in [3.05, 3.63) is 21.8 Å². The summed E-state index contributed by atoms with van der Waals surface area (Å²) in [6.07, 6.45) is -1.12. The fraction of sp³-hybridized carbons (Fsp3) is 0.400. The van der Waals surface area contributed by atoms with Crippen molar-refractivity contribution in [1.29, 1.82) is 0 Å². The third-order valence-corrected chi connectivity index (χ3v) is 6.42. The van der Waals surface area contributed by atoms with E-state index in [1.54, 1.807) is 0 Å². The molecule has 0 aromatic heterocycles. The molecule has 0 bridgehead atoms. The number of carbonyl (C=O) groups is 3. The number of carbonyl (C=O) groups excluding carboxylic acids is 3. The van der Waals surface area contributed by atoms with Crippen LogP contribution in [0.2, 0.25) is 0 Å². The first kappa shape index (κ1) is 24.7. The zero-order valence-electron chi connectivity index (χ0n) is 14.3. The summed E-state index contributed by atoms with van der Waals surface area (Å²) in [7, 11) is 2.58. The largest absolute Gasteiger partial charge is 0.465 e. The van der Waals surface area contributed by atoms with E-state index in [9.17, 15) is 19.5 Å². The predicted octanol–water partition coefficient (Wildman–Crippen LogP) is 0.955. The second-order valence-electron chi connectivity index (χ2n) is 5.09. The quantitative estimate of drug-likeness (QED) is 0.233. The van der Waals surface area contributed by atoms with Gasteiger partial charge in [0.15, 0.2) is 0 Å². The Morgan fingerprint density at radius 3 is 2.19 bits per heavy atom. The van der Waals surface area contributed by atoms with Gasteiger partial charge in [0.25, 0.3) is 5.91 Å². The molecule has 1 unspecified atom stereocenters. The Morgan fingerprint density at radius 2 is 1.67 bits per heavy atom. The molecule has 0 aliphatic heterocycles. The number of anilines is 1. The van der Waals surface area contributed by atoms with Gasteiger partial charge in [0.1, 0.15) is 6.61 Å². The van der Waals surface area contributed by atoms with Gasteiger partial charge < -0.3 is 30.3 Å². The van der Waals surface area contributed by atoms with Gasteiger partial charge in [-0.2, -0.15) is 0 Å². The Kier molecular flexibility index (Phi) is 10.7. The number of aliphatic hydroxyl groups is 2. The topological polar surface area (TPSA) is 134 Å². The first-order valence-electron chi connectivity index (χ1n) is 7.34. The highest BCUT2D eigenvalue weighted by atomic mass is 127. The van der Waals surface area contributed by atoms with Crippen LogP contribution >= 0.6 is 67.8 Å². The van der Waals surface area contributed by atoms with Crippen molar-refractivity contribution in [3.63, 3.8) is 0 Å². The number of halogens is 3. The van der Waals surface area contributed by atoms with E-state index in [0.717, 1.165) is 0 Å². The summed E-state index contributed by atoms with van der Waals surface area (Å²) < 4.78 is 10.8. The zero-order valence-corrected chi connectivity index (χ0v) is 20.7. The third kappa shape index (κ3) is 6.34. The van der Waals surface area contributed by atoms with Crippen molar-refractivity contribution < 1.29 is 34.1 Å². The Morgan fingerprint density at radius 1 is 1.07 bits per heavy atom. The van der Waals surface area contributed by atoms with Crippen LogP contribution in [0, 0.1) is 10.7 Å². The molecular weight excluding hydrogens is 701 g/mol. The van der Waals surface area contributed by atoms with Crippen LogP contribution in [0.3, 0.4) is 0 Å². The smallest absolute Gasteiger partial charge is 0.340 e. The van der Waals surface area contributed by atoms with Crippen LogP contribution < -0.4 is 10.6 Å². The Balaban J connectivity index is 3.49. The van der Waals surface area contributed by atoms with Gasteiger partial charge in [0.05, 0.1) is 43.8 Å². The monoisotopic (exact) mass is 718 g/mol. The maximum atomic E-state index is 12.6. The molecule has 0 radical (unpaired) electrons. The van der Waals surface area contributed by atoms with Gasteiger partial charge in [0, 0.05) is 17.2 Å². The van der Waals surface area contributed by atoms with Crippen LogP contribution in [0.5, 0.6) is 0 Å². The summed E-state index contributed by atoms with van der Waals surface area (Å²) in [6, 6.07) is 0. The van der Waals surface area contributed by atoms with Gasteiger partial charge in [-0.05, 0) is 67.8 Å². The van der Waals surface area contributed by atoms with Crippen LogP contribution in [0.15, 0.2) is 0 Å². The number of rotatable bonds is 8. The molecule has 0 aliphatic carbocycles. The molecule has 0 aliphatic rings. The molecule has 0 saturated carbocycles. The van der Waals surface area contributed by atoms with Gasteiger partial charge in [-0.3, -0.25) is 9.59 Å². The van der Waals surface area contributed by atoms with Gasteiger partial charge in [-0.1, -0.05) is 0 Å². The number of nitrogens with one attached hydrogen (secondary N) is 2. The van der Waals surface area contributed by atoms with E-state index in [4.69, 9.17) is 14.6 Å². The van der Waals surface area contributed by atoms with Crippen LogP contribution in [0.4, 0.5) is 5.69 Å². The zero-order chi connectivity index (χ0) is 20.7. The summed E-state index contributed by atoms with van der Waals surface area (Å²) in [5.41, 5.74) is 0.571. The maximum absolute atomic E-state index is 12.6. The summed E-state index contributed by atoms with van der Waals surface area (Å²) in [5, 5.41) is 23.4. The van der Waals surface area contributed by atoms with Crippen LogP contribution in [0.1, 0.15) is 20.7 Å². The lowest BCUT2D eigenvalue weighted by Gasteiger charge is -2.19. The van der Waals surface area contributed by atoms with E-state index in [1.807, 2.05) is 67.8 Å². The highest BCUT2D eigenvalue weighted by Gasteiger charge is 2.29. The van der Waals surface area contributed by atoms with Crippen LogP contribution in [0.25, 0.3) is 0 Å². The van der Waals surface area contributed by atoms with Gasteiger partial charge in [-0.25, -0.2) is 4.79 Å². The van der Waals surface area contributed by atoms with Gasteiger partial charge in [-0.15, -0.1) is 0 Å². The molecule has 2 amide bonds. The predicted molar refractivity (Wildman–Crippen MR) is 122 cm³/mol. The number of hydrogen-bond donors (Lipinski definition) is 4. The van der Waals surface area contributed by atoms with E-state index in [1.165, 1.54) is 14.2 Å². The summed E-state index contributed by atoms with van der Waals surface area (Å²) in [6.45, 7) is -0.880. The molecule has 0 spiro atoms. The average molecular weight is 718 g/mol. The standard InChI is InChI=1S/C15H17I3N2O7/c1-26-5-7(23)20-13-11(17)8(14(24)19-3-6(22)4-21)10(16)9(12(13)18)15(25)27-2/h6,21-22H,3-5H2,1-2H3,(H,19,24)(H,20,23). The minimum absolute atomic E-state index is 0.139.